The summed E-state index contributed by atoms with van der Waals surface area (Å²) in [6.45, 7) is 8.10. The molecule has 5 rings (SSSR count). The van der Waals surface area contributed by atoms with E-state index in [0.717, 1.165) is 61.3 Å². The van der Waals surface area contributed by atoms with E-state index in [-0.39, 0.29) is 18.2 Å². The summed E-state index contributed by atoms with van der Waals surface area (Å²) in [5, 5.41) is 4.55. The lowest BCUT2D eigenvalue weighted by Gasteiger charge is -2.35. The van der Waals surface area contributed by atoms with Crippen LogP contribution in [0.1, 0.15) is 28.5 Å². The van der Waals surface area contributed by atoms with E-state index in [9.17, 15) is 4.79 Å². The van der Waals surface area contributed by atoms with Gasteiger partial charge in [-0.25, -0.2) is 14.6 Å². The highest BCUT2D eigenvalue weighted by Crippen LogP contribution is 2.28. The van der Waals surface area contributed by atoms with Crippen LogP contribution in [-0.4, -0.2) is 61.6 Å². The van der Waals surface area contributed by atoms with Gasteiger partial charge in [-0.3, -0.25) is 14.7 Å². The fraction of sp³-hybridized carbons (Fsp3) is 0.269. The molecule has 0 N–H and O–H groups in total. The van der Waals surface area contributed by atoms with Crippen LogP contribution in [0.15, 0.2) is 67.3 Å². The molecule has 8 nitrogen and oxygen atoms in total. The molecule has 180 valence electrons. The van der Waals surface area contributed by atoms with Crippen LogP contribution in [-0.2, 0) is 6.54 Å². The van der Waals surface area contributed by atoms with Crippen molar-refractivity contribution in [2.24, 2.45) is 0 Å². The van der Waals surface area contributed by atoms with Gasteiger partial charge in [0.05, 0.1) is 6.20 Å². The van der Waals surface area contributed by atoms with Crippen molar-refractivity contribution in [3.63, 3.8) is 0 Å². The lowest BCUT2D eigenvalue weighted by Crippen LogP contribution is -2.46. The molecule has 0 saturated carbocycles. The molecule has 1 saturated heterocycles. The standard InChI is InChI=1S/C26H27N7O.ClH/c1-19-23(17-30-33(19)24-5-3-4-10-27-24)18-31-13-15-32(16-14-31)26-25(28-11-12-29-26)22-8-6-21(7-9-22)20(2)34;/h3-12,17H,13-16,18H2,1-2H3;1H. The molecule has 0 radical (unpaired) electrons. The first kappa shape index (κ1) is 24.5. The highest BCUT2D eigenvalue weighted by molar-refractivity contribution is 5.94. The first-order valence-corrected chi connectivity index (χ1v) is 11.4. The van der Waals surface area contributed by atoms with Crippen LogP contribution in [0.3, 0.4) is 0 Å². The Bertz CT molecular complexity index is 1280. The smallest absolute Gasteiger partial charge is 0.159 e. The topological polar surface area (TPSA) is 80.0 Å². The molecule has 1 aliphatic heterocycles. The molecule has 4 heterocycles. The van der Waals surface area contributed by atoms with Crippen LogP contribution in [0.5, 0.6) is 0 Å². The number of anilines is 1. The molecular formula is C26H28ClN7O. The molecule has 0 unspecified atom stereocenters. The number of carbonyl (C=O) groups excluding carboxylic acids is 1. The number of carbonyl (C=O) groups is 1. The van der Waals surface area contributed by atoms with Gasteiger partial charge in [-0.05, 0) is 26.0 Å². The zero-order chi connectivity index (χ0) is 23.5. The van der Waals surface area contributed by atoms with Gasteiger partial charge in [0.15, 0.2) is 17.4 Å². The number of pyridine rings is 1. The minimum Gasteiger partial charge on any atom is -0.352 e. The van der Waals surface area contributed by atoms with Crippen LogP contribution in [0.4, 0.5) is 5.82 Å². The SMILES string of the molecule is CC(=O)c1ccc(-c2nccnc2N2CCN(Cc3cnn(-c4ccccn4)c3C)CC2)cc1.Cl. The Morgan fingerprint density at radius 2 is 1.66 bits per heavy atom. The van der Waals surface area contributed by atoms with E-state index in [1.54, 1.807) is 25.5 Å². The Balaban J connectivity index is 0.00000289. The summed E-state index contributed by atoms with van der Waals surface area (Å²) in [6.07, 6.45) is 7.19. The molecule has 4 aromatic rings. The van der Waals surface area contributed by atoms with Crippen molar-refractivity contribution >= 4 is 24.0 Å². The van der Waals surface area contributed by atoms with Crippen molar-refractivity contribution in [2.75, 3.05) is 31.1 Å². The number of ketones is 1. The fourth-order valence-electron chi connectivity index (χ4n) is 4.30. The van der Waals surface area contributed by atoms with E-state index in [0.29, 0.717) is 5.56 Å². The lowest BCUT2D eigenvalue weighted by molar-refractivity contribution is 0.101. The van der Waals surface area contributed by atoms with Crippen LogP contribution in [0.2, 0.25) is 0 Å². The van der Waals surface area contributed by atoms with E-state index in [4.69, 9.17) is 0 Å². The van der Waals surface area contributed by atoms with E-state index >= 15 is 0 Å². The van der Waals surface area contributed by atoms with Gasteiger partial charge < -0.3 is 4.90 Å². The van der Waals surface area contributed by atoms with Gasteiger partial charge in [0.25, 0.3) is 0 Å². The predicted octanol–water partition coefficient (Wildman–Crippen LogP) is 3.98. The van der Waals surface area contributed by atoms with Crippen LogP contribution < -0.4 is 4.90 Å². The summed E-state index contributed by atoms with van der Waals surface area (Å²) in [4.78, 5) is 30.0. The zero-order valence-electron chi connectivity index (χ0n) is 19.8. The summed E-state index contributed by atoms with van der Waals surface area (Å²) >= 11 is 0. The molecular weight excluding hydrogens is 462 g/mol. The Morgan fingerprint density at radius 1 is 0.914 bits per heavy atom. The second-order valence-electron chi connectivity index (χ2n) is 8.48. The van der Waals surface area contributed by atoms with Crippen molar-refractivity contribution in [3.8, 4) is 17.1 Å². The first-order valence-electron chi connectivity index (χ1n) is 11.4. The van der Waals surface area contributed by atoms with Crippen LogP contribution in [0.25, 0.3) is 17.1 Å². The number of benzene rings is 1. The third-order valence-electron chi connectivity index (χ3n) is 6.29. The molecule has 3 aromatic heterocycles. The Hall–Kier alpha value is -3.62. The maximum absolute atomic E-state index is 11.6. The maximum atomic E-state index is 11.6. The van der Waals surface area contributed by atoms with Gasteiger partial charge in [0.2, 0.25) is 0 Å². The second kappa shape index (κ2) is 10.8. The van der Waals surface area contributed by atoms with Gasteiger partial charge >= 0.3 is 0 Å². The predicted molar refractivity (Wildman–Crippen MR) is 138 cm³/mol. The minimum absolute atomic E-state index is 0. The highest BCUT2D eigenvalue weighted by atomic mass is 35.5. The monoisotopic (exact) mass is 489 g/mol. The van der Waals surface area contributed by atoms with Crippen molar-refractivity contribution in [2.45, 2.75) is 20.4 Å². The molecule has 0 atom stereocenters. The molecule has 0 aliphatic carbocycles. The second-order valence-corrected chi connectivity index (χ2v) is 8.48. The van der Waals surface area contributed by atoms with Gasteiger partial charge in [-0.1, -0.05) is 30.3 Å². The number of rotatable bonds is 6. The average Bonchev–Trinajstić information content (AvgIpc) is 3.25. The Kier molecular flexibility index (Phi) is 7.53. The number of piperazine rings is 1. The van der Waals surface area contributed by atoms with E-state index < -0.39 is 0 Å². The van der Waals surface area contributed by atoms with Crippen molar-refractivity contribution in [1.29, 1.82) is 0 Å². The normalized spacial score (nSPS) is 13.9. The third-order valence-corrected chi connectivity index (χ3v) is 6.29. The summed E-state index contributed by atoms with van der Waals surface area (Å²) in [6, 6.07) is 13.4. The van der Waals surface area contributed by atoms with Crippen molar-refractivity contribution in [3.05, 3.63) is 84.1 Å². The van der Waals surface area contributed by atoms with Gasteiger partial charge in [0, 0.05) is 73.7 Å². The number of hydrogen-bond acceptors (Lipinski definition) is 7. The summed E-state index contributed by atoms with van der Waals surface area (Å²) < 4.78 is 1.90. The zero-order valence-corrected chi connectivity index (χ0v) is 20.6. The molecule has 1 aliphatic rings. The van der Waals surface area contributed by atoms with E-state index in [1.165, 1.54) is 5.56 Å². The summed E-state index contributed by atoms with van der Waals surface area (Å²) in [7, 11) is 0. The molecule has 1 fully saturated rings. The third kappa shape index (κ3) is 5.23. The molecule has 0 spiro atoms. The lowest BCUT2D eigenvalue weighted by atomic mass is 10.1. The fourth-order valence-corrected chi connectivity index (χ4v) is 4.30. The largest absolute Gasteiger partial charge is 0.352 e. The number of hydrogen-bond donors (Lipinski definition) is 0. The van der Waals surface area contributed by atoms with Crippen LogP contribution >= 0.6 is 12.4 Å². The molecule has 0 amide bonds. The van der Waals surface area contributed by atoms with Crippen molar-refractivity contribution in [1.82, 2.24) is 29.6 Å². The molecule has 35 heavy (non-hydrogen) atoms. The van der Waals surface area contributed by atoms with Gasteiger partial charge in [-0.15, -0.1) is 12.4 Å². The van der Waals surface area contributed by atoms with E-state index in [2.05, 4.69) is 36.8 Å². The summed E-state index contributed by atoms with van der Waals surface area (Å²) in [5.41, 5.74) is 4.84. The number of halogens is 1. The quantitative estimate of drug-likeness (QED) is 0.379. The van der Waals surface area contributed by atoms with Crippen LogP contribution in [0, 0.1) is 6.92 Å². The minimum atomic E-state index is 0. The Labute approximate surface area is 211 Å². The molecule has 9 heteroatoms. The summed E-state index contributed by atoms with van der Waals surface area (Å²) in [5.74, 6) is 1.78. The molecule has 0 bridgehead atoms. The highest BCUT2D eigenvalue weighted by Gasteiger charge is 2.22. The van der Waals surface area contributed by atoms with Gasteiger partial charge in [-0.2, -0.15) is 5.10 Å². The van der Waals surface area contributed by atoms with Gasteiger partial charge in [0.1, 0.15) is 5.69 Å². The average molecular weight is 490 g/mol. The van der Waals surface area contributed by atoms with Crippen molar-refractivity contribution < 1.29 is 4.79 Å². The number of aromatic nitrogens is 5. The maximum Gasteiger partial charge on any atom is 0.159 e. The number of Topliss-reactive ketones (excluding diaryl/α,β-unsaturated/α-hetero) is 1. The number of nitrogens with zero attached hydrogens (tertiary/aromatic N) is 7. The molecule has 1 aromatic carbocycles. The first-order chi connectivity index (χ1) is 16.6. The van der Waals surface area contributed by atoms with E-state index in [1.807, 2.05) is 53.3 Å². The Morgan fingerprint density at radius 3 is 2.34 bits per heavy atom.